The summed E-state index contributed by atoms with van der Waals surface area (Å²) in [6.45, 7) is 4.75. The summed E-state index contributed by atoms with van der Waals surface area (Å²) in [5.74, 6) is 0.252. The lowest BCUT2D eigenvalue weighted by atomic mass is 9.96. The van der Waals surface area contributed by atoms with Gasteiger partial charge in [0.1, 0.15) is 5.82 Å². The van der Waals surface area contributed by atoms with Crippen LogP contribution >= 0.6 is 15.9 Å². The van der Waals surface area contributed by atoms with Gasteiger partial charge in [0.05, 0.1) is 22.5 Å². The molecule has 0 spiro atoms. The molecule has 0 saturated carbocycles. The SMILES string of the molecule is CCCN1C(=O)[C@@H](Cc2nc3ccccc3c(=O)n2-c2ccc(C)cc2)c2cc(Br)ccc21. The van der Waals surface area contributed by atoms with E-state index >= 15 is 0 Å². The zero-order chi connectivity index (χ0) is 23.1. The topological polar surface area (TPSA) is 55.2 Å². The average Bonchev–Trinajstić information content (AvgIpc) is 3.06. The van der Waals surface area contributed by atoms with E-state index in [-0.39, 0.29) is 11.5 Å². The van der Waals surface area contributed by atoms with Crippen molar-refractivity contribution in [3.63, 3.8) is 0 Å². The van der Waals surface area contributed by atoms with E-state index in [1.807, 2.05) is 72.5 Å². The number of halogens is 1. The maximum absolute atomic E-state index is 13.6. The number of carbonyl (C=O) groups is 1. The van der Waals surface area contributed by atoms with E-state index in [1.54, 1.807) is 10.6 Å². The summed E-state index contributed by atoms with van der Waals surface area (Å²) in [6, 6.07) is 21.2. The van der Waals surface area contributed by atoms with Gasteiger partial charge in [-0.3, -0.25) is 14.2 Å². The number of carbonyl (C=O) groups excluding carboxylic acids is 1. The van der Waals surface area contributed by atoms with E-state index in [4.69, 9.17) is 4.98 Å². The van der Waals surface area contributed by atoms with E-state index < -0.39 is 5.92 Å². The van der Waals surface area contributed by atoms with E-state index in [1.165, 1.54) is 0 Å². The van der Waals surface area contributed by atoms with Crippen LogP contribution in [-0.4, -0.2) is 22.0 Å². The Kier molecular flexibility index (Phi) is 5.62. The molecule has 33 heavy (non-hydrogen) atoms. The van der Waals surface area contributed by atoms with Crippen molar-refractivity contribution < 1.29 is 4.79 Å². The van der Waals surface area contributed by atoms with Crippen LogP contribution in [0.1, 0.15) is 36.2 Å². The van der Waals surface area contributed by atoms with Crippen LogP contribution < -0.4 is 10.5 Å². The van der Waals surface area contributed by atoms with Crippen LogP contribution in [0.2, 0.25) is 0 Å². The Balaban J connectivity index is 1.69. The number of aryl methyl sites for hydroxylation is 1. The van der Waals surface area contributed by atoms with Gasteiger partial charge in [-0.15, -0.1) is 0 Å². The number of nitrogens with zero attached hydrogens (tertiary/aromatic N) is 3. The van der Waals surface area contributed by atoms with Gasteiger partial charge in [-0.25, -0.2) is 4.98 Å². The summed E-state index contributed by atoms with van der Waals surface area (Å²) in [5.41, 5.74) is 4.31. The second-order valence-corrected chi connectivity index (χ2v) is 9.39. The summed E-state index contributed by atoms with van der Waals surface area (Å²) in [7, 11) is 0. The molecule has 166 valence electrons. The number of rotatable bonds is 5. The Bertz CT molecular complexity index is 1430. The lowest BCUT2D eigenvalue weighted by Gasteiger charge is -2.18. The predicted molar refractivity (Wildman–Crippen MR) is 135 cm³/mol. The number of fused-ring (bicyclic) bond motifs is 2. The third-order valence-electron chi connectivity index (χ3n) is 6.19. The molecular weight excluding hydrogens is 478 g/mol. The van der Waals surface area contributed by atoms with Crippen molar-refractivity contribution in [2.24, 2.45) is 0 Å². The van der Waals surface area contributed by atoms with Crippen LogP contribution in [0.5, 0.6) is 0 Å². The quantitative estimate of drug-likeness (QED) is 0.360. The van der Waals surface area contributed by atoms with Gasteiger partial charge in [-0.2, -0.15) is 0 Å². The number of hydrogen-bond donors (Lipinski definition) is 0. The molecular formula is C27H24BrN3O2. The molecule has 4 aromatic rings. The number of para-hydroxylation sites is 1. The number of anilines is 1. The molecule has 3 aromatic carbocycles. The van der Waals surface area contributed by atoms with Crippen molar-refractivity contribution >= 4 is 38.4 Å². The Labute approximate surface area is 200 Å². The zero-order valence-corrected chi connectivity index (χ0v) is 20.2. The number of benzene rings is 3. The third kappa shape index (κ3) is 3.78. The second-order valence-electron chi connectivity index (χ2n) is 8.47. The first-order valence-electron chi connectivity index (χ1n) is 11.2. The monoisotopic (exact) mass is 501 g/mol. The molecule has 0 aliphatic carbocycles. The number of aromatic nitrogens is 2. The van der Waals surface area contributed by atoms with E-state index in [0.29, 0.717) is 29.7 Å². The van der Waals surface area contributed by atoms with Crippen molar-refractivity contribution in [1.82, 2.24) is 9.55 Å². The second kappa shape index (κ2) is 8.60. The summed E-state index contributed by atoms with van der Waals surface area (Å²) < 4.78 is 2.59. The summed E-state index contributed by atoms with van der Waals surface area (Å²) >= 11 is 3.56. The van der Waals surface area contributed by atoms with Crippen LogP contribution in [0.4, 0.5) is 5.69 Å². The molecule has 0 fully saturated rings. The van der Waals surface area contributed by atoms with Gasteiger partial charge in [0.2, 0.25) is 5.91 Å². The Morgan fingerprint density at radius 1 is 1.00 bits per heavy atom. The number of hydrogen-bond acceptors (Lipinski definition) is 3. The van der Waals surface area contributed by atoms with E-state index in [0.717, 1.165) is 33.4 Å². The first kappa shape index (κ1) is 21.6. The lowest BCUT2D eigenvalue weighted by molar-refractivity contribution is -0.119. The van der Waals surface area contributed by atoms with Crippen molar-refractivity contribution in [2.45, 2.75) is 32.6 Å². The van der Waals surface area contributed by atoms with Gasteiger partial charge in [0.25, 0.3) is 5.56 Å². The van der Waals surface area contributed by atoms with E-state index in [2.05, 4.69) is 22.9 Å². The van der Waals surface area contributed by atoms with Gasteiger partial charge in [-0.1, -0.05) is 52.7 Å². The maximum atomic E-state index is 13.6. The van der Waals surface area contributed by atoms with Crippen LogP contribution in [0.25, 0.3) is 16.6 Å². The molecule has 2 heterocycles. The van der Waals surface area contributed by atoms with Gasteiger partial charge in [0.15, 0.2) is 0 Å². The molecule has 0 N–H and O–H groups in total. The minimum absolute atomic E-state index is 0.0582. The van der Waals surface area contributed by atoms with Crippen molar-refractivity contribution in [1.29, 1.82) is 0 Å². The highest BCUT2D eigenvalue weighted by Gasteiger charge is 2.38. The molecule has 0 radical (unpaired) electrons. The molecule has 0 bridgehead atoms. The van der Waals surface area contributed by atoms with Gasteiger partial charge >= 0.3 is 0 Å². The summed E-state index contributed by atoms with van der Waals surface area (Å²) in [4.78, 5) is 33.8. The fourth-order valence-electron chi connectivity index (χ4n) is 4.60. The third-order valence-corrected chi connectivity index (χ3v) is 6.68. The maximum Gasteiger partial charge on any atom is 0.265 e. The average molecular weight is 502 g/mol. The Hall–Kier alpha value is -3.25. The first-order chi connectivity index (χ1) is 16.0. The molecule has 1 aliphatic rings. The normalized spacial score (nSPS) is 15.3. The van der Waals surface area contributed by atoms with Gasteiger partial charge < -0.3 is 4.90 Å². The smallest absolute Gasteiger partial charge is 0.265 e. The Morgan fingerprint density at radius 2 is 1.76 bits per heavy atom. The van der Waals surface area contributed by atoms with Crippen LogP contribution in [0.15, 0.2) is 76.0 Å². The van der Waals surface area contributed by atoms with Crippen molar-refractivity contribution in [3.05, 3.63) is 98.5 Å². The molecule has 1 atom stereocenters. The van der Waals surface area contributed by atoms with Crippen LogP contribution in [0.3, 0.4) is 0 Å². The molecule has 6 heteroatoms. The molecule has 5 nitrogen and oxygen atoms in total. The van der Waals surface area contributed by atoms with E-state index in [9.17, 15) is 9.59 Å². The largest absolute Gasteiger partial charge is 0.312 e. The highest BCUT2D eigenvalue weighted by Crippen LogP contribution is 2.40. The van der Waals surface area contributed by atoms with Gasteiger partial charge in [0, 0.05) is 23.1 Å². The molecule has 1 aromatic heterocycles. The van der Waals surface area contributed by atoms with Crippen LogP contribution in [-0.2, 0) is 11.2 Å². The fourth-order valence-corrected chi connectivity index (χ4v) is 4.98. The standard InChI is InChI=1S/C27H24BrN3O2/c1-3-14-30-24-13-10-18(28)15-21(24)22(26(30)32)16-25-29-23-7-5-4-6-20(23)27(33)31(25)19-11-8-17(2)9-12-19/h4-13,15,22H,3,14,16H2,1-2H3/t22-/m0/s1. The molecule has 0 unspecified atom stereocenters. The lowest BCUT2D eigenvalue weighted by Crippen LogP contribution is -2.31. The van der Waals surface area contributed by atoms with Crippen LogP contribution in [0, 0.1) is 6.92 Å². The summed E-state index contributed by atoms with van der Waals surface area (Å²) in [5, 5.41) is 0.565. The predicted octanol–water partition coefficient (Wildman–Crippen LogP) is 5.54. The number of amides is 1. The molecule has 0 saturated heterocycles. The van der Waals surface area contributed by atoms with Crippen molar-refractivity contribution in [3.8, 4) is 5.69 Å². The minimum atomic E-state index is -0.395. The van der Waals surface area contributed by atoms with Gasteiger partial charge in [-0.05, 0) is 61.4 Å². The zero-order valence-electron chi connectivity index (χ0n) is 18.6. The first-order valence-corrected chi connectivity index (χ1v) is 12.0. The highest BCUT2D eigenvalue weighted by atomic mass is 79.9. The highest BCUT2D eigenvalue weighted by molar-refractivity contribution is 9.10. The Morgan fingerprint density at radius 3 is 2.52 bits per heavy atom. The van der Waals surface area contributed by atoms with Crippen molar-refractivity contribution in [2.75, 3.05) is 11.4 Å². The molecule has 1 aliphatic heterocycles. The molecule has 5 rings (SSSR count). The summed E-state index contributed by atoms with van der Waals surface area (Å²) in [6.07, 6.45) is 1.21. The fraction of sp³-hybridized carbons (Fsp3) is 0.222. The molecule has 1 amide bonds. The minimum Gasteiger partial charge on any atom is -0.312 e.